The van der Waals surface area contributed by atoms with Gasteiger partial charge in [0, 0.05) is 23.7 Å². The van der Waals surface area contributed by atoms with E-state index in [4.69, 9.17) is 9.40 Å². The molecule has 5 rings (SSSR count). The van der Waals surface area contributed by atoms with Gasteiger partial charge in [-0.25, -0.2) is 9.97 Å². The van der Waals surface area contributed by atoms with Crippen molar-refractivity contribution >= 4 is 11.3 Å². The number of likely N-dealkylation sites (tertiary alicyclic amines) is 1. The maximum Gasteiger partial charge on any atom is 0.226 e. The van der Waals surface area contributed by atoms with Crippen molar-refractivity contribution in [1.29, 1.82) is 0 Å². The Hall–Kier alpha value is -2.76. The Balaban J connectivity index is 1.35. The van der Waals surface area contributed by atoms with Gasteiger partial charge in [0.2, 0.25) is 5.89 Å². The topological polar surface area (TPSA) is 42.2 Å². The molecule has 0 saturated carbocycles. The van der Waals surface area contributed by atoms with Crippen LogP contribution in [-0.4, -0.2) is 21.4 Å². The summed E-state index contributed by atoms with van der Waals surface area (Å²) >= 11 is 1.74. The van der Waals surface area contributed by atoms with Crippen LogP contribution in [0.15, 0.2) is 70.6 Å². The molecular formula is C24H23N3OS. The van der Waals surface area contributed by atoms with Gasteiger partial charge in [-0.05, 0) is 49.6 Å². The average Bonchev–Trinajstić information content (AvgIpc) is 3.51. The molecule has 146 valence electrons. The van der Waals surface area contributed by atoms with Crippen molar-refractivity contribution in [3.8, 4) is 22.6 Å². The van der Waals surface area contributed by atoms with Crippen molar-refractivity contribution in [3.63, 3.8) is 0 Å². The summed E-state index contributed by atoms with van der Waals surface area (Å²) in [6.45, 7) is 3.90. The van der Waals surface area contributed by atoms with Gasteiger partial charge < -0.3 is 4.42 Å². The van der Waals surface area contributed by atoms with E-state index in [1.54, 1.807) is 11.3 Å². The van der Waals surface area contributed by atoms with Crippen LogP contribution in [0.4, 0.5) is 0 Å². The van der Waals surface area contributed by atoms with Crippen molar-refractivity contribution < 1.29 is 4.42 Å². The number of oxazole rings is 1. The van der Waals surface area contributed by atoms with E-state index in [-0.39, 0.29) is 0 Å². The summed E-state index contributed by atoms with van der Waals surface area (Å²) in [5.74, 6) is 1.60. The Morgan fingerprint density at radius 1 is 1.03 bits per heavy atom. The molecule has 0 spiro atoms. The molecule has 1 unspecified atom stereocenters. The third kappa shape index (κ3) is 3.76. The zero-order chi connectivity index (χ0) is 19.6. The monoisotopic (exact) mass is 401 g/mol. The molecule has 4 nitrogen and oxygen atoms in total. The second kappa shape index (κ2) is 7.93. The Labute approximate surface area is 174 Å². The largest absolute Gasteiger partial charge is 0.441 e. The SMILES string of the molecule is Cc1oc(-c2ccc(-c3ccccc3)cc2)nc1CN1CCCC1c1nccs1. The average molecular weight is 402 g/mol. The van der Waals surface area contributed by atoms with Gasteiger partial charge in [-0.3, -0.25) is 4.90 Å². The Morgan fingerprint density at radius 2 is 1.79 bits per heavy atom. The summed E-state index contributed by atoms with van der Waals surface area (Å²) in [5, 5.41) is 3.27. The number of rotatable bonds is 5. The van der Waals surface area contributed by atoms with Crippen molar-refractivity contribution in [1.82, 2.24) is 14.9 Å². The fourth-order valence-corrected chi connectivity index (χ4v) is 4.83. The fraction of sp³-hybridized carbons (Fsp3) is 0.250. The van der Waals surface area contributed by atoms with Crippen LogP contribution in [-0.2, 0) is 6.54 Å². The standard InChI is InChI=1S/C24H23N3OS/c1-17-21(16-27-14-5-8-22(27)24-25-13-15-29-24)26-23(28-17)20-11-9-19(10-12-20)18-6-3-2-4-7-18/h2-4,6-7,9-13,15,22H,5,8,14,16H2,1H3. The minimum absolute atomic E-state index is 0.403. The van der Waals surface area contributed by atoms with Crippen LogP contribution >= 0.6 is 11.3 Å². The molecule has 3 heterocycles. The minimum atomic E-state index is 0.403. The van der Waals surface area contributed by atoms with Crippen molar-refractivity contribution in [2.45, 2.75) is 32.4 Å². The maximum absolute atomic E-state index is 6.03. The van der Waals surface area contributed by atoms with E-state index in [1.165, 1.54) is 22.6 Å². The quantitative estimate of drug-likeness (QED) is 0.404. The Kier molecular flexibility index (Phi) is 5.00. The normalized spacial score (nSPS) is 17.1. The molecule has 1 saturated heterocycles. The maximum atomic E-state index is 6.03. The first kappa shape index (κ1) is 18.3. The van der Waals surface area contributed by atoms with Gasteiger partial charge in [0.05, 0.1) is 11.7 Å². The number of thiazole rings is 1. The number of benzene rings is 2. The summed E-state index contributed by atoms with van der Waals surface area (Å²) < 4.78 is 6.03. The van der Waals surface area contributed by atoms with Gasteiger partial charge in [-0.15, -0.1) is 11.3 Å². The second-order valence-corrected chi connectivity index (χ2v) is 8.39. The van der Waals surface area contributed by atoms with Gasteiger partial charge in [0.15, 0.2) is 0 Å². The van der Waals surface area contributed by atoms with Crippen LogP contribution in [0.3, 0.4) is 0 Å². The van der Waals surface area contributed by atoms with Crippen LogP contribution in [0.5, 0.6) is 0 Å². The number of aromatic nitrogens is 2. The van der Waals surface area contributed by atoms with Gasteiger partial charge in [-0.2, -0.15) is 0 Å². The second-order valence-electron chi connectivity index (χ2n) is 7.46. The molecule has 5 heteroatoms. The predicted octanol–water partition coefficient (Wildman–Crippen LogP) is 6.11. The molecule has 4 aromatic rings. The summed E-state index contributed by atoms with van der Waals surface area (Å²) in [6, 6.07) is 19.2. The van der Waals surface area contributed by atoms with Crippen LogP contribution in [0, 0.1) is 6.92 Å². The summed E-state index contributed by atoms with van der Waals surface area (Å²) in [7, 11) is 0. The summed E-state index contributed by atoms with van der Waals surface area (Å²) in [6.07, 6.45) is 4.27. The highest BCUT2D eigenvalue weighted by atomic mass is 32.1. The Bertz CT molecular complexity index is 1070. The lowest BCUT2D eigenvalue weighted by Gasteiger charge is -2.21. The number of hydrogen-bond donors (Lipinski definition) is 0. The van der Waals surface area contributed by atoms with E-state index >= 15 is 0 Å². The zero-order valence-electron chi connectivity index (χ0n) is 16.4. The molecule has 0 aliphatic carbocycles. The Morgan fingerprint density at radius 3 is 2.55 bits per heavy atom. The molecule has 2 aromatic heterocycles. The summed E-state index contributed by atoms with van der Waals surface area (Å²) in [4.78, 5) is 11.8. The first-order chi connectivity index (χ1) is 14.3. The van der Waals surface area contributed by atoms with E-state index in [1.807, 2.05) is 19.2 Å². The van der Waals surface area contributed by atoms with Crippen molar-refractivity contribution in [3.05, 3.63) is 82.6 Å². The highest BCUT2D eigenvalue weighted by molar-refractivity contribution is 7.09. The first-order valence-corrected chi connectivity index (χ1v) is 10.9. The fourth-order valence-electron chi connectivity index (χ4n) is 4.02. The first-order valence-electron chi connectivity index (χ1n) is 10.0. The third-order valence-electron chi connectivity index (χ3n) is 5.58. The molecule has 1 atom stereocenters. The number of nitrogens with zero attached hydrogens (tertiary/aromatic N) is 3. The van der Waals surface area contributed by atoms with Crippen LogP contribution < -0.4 is 0 Å². The number of hydrogen-bond acceptors (Lipinski definition) is 5. The molecule has 2 aromatic carbocycles. The molecule has 0 N–H and O–H groups in total. The molecule has 0 bridgehead atoms. The molecular weight excluding hydrogens is 378 g/mol. The van der Waals surface area contributed by atoms with Gasteiger partial charge in [0.1, 0.15) is 10.8 Å². The van der Waals surface area contributed by atoms with E-state index in [2.05, 4.69) is 63.8 Å². The highest BCUT2D eigenvalue weighted by Gasteiger charge is 2.29. The summed E-state index contributed by atoms with van der Waals surface area (Å²) in [5.41, 5.74) is 4.44. The van der Waals surface area contributed by atoms with Crippen molar-refractivity contribution in [2.24, 2.45) is 0 Å². The van der Waals surface area contributed by atoms with E-state index in [0.29, 0.717) is 11.9 Å². The van der Waals surface area contributed by atoms with Gasteiger partial charge >= 0.3 is 0 Å². The van der Waals surface area contributed by atoms with Crippen molar-refractivity contribution in [2.75, 3.05) is 6.54 Å². The molecule has 1 fully saturated rings. The number of aryl methyl sites for hydroxylation is 1. The zero-order valence-corrected chi connectivity index (χ0v) is 17.2. The van der Waals surface area contributed by atoms with Crippen LogP contribution in [0.2, 0.25) is 0 Å². The van der Waals surface area contributed by atoms with Gasteiger partial charge in [0.25, 0.3) is 0 Å². The molecule has 0 radical (unpaired) electrons. The highest BCUT2D eigenvalue weighted by Crippen LogP contribution is 2.35. The van der Waals surface area contributed by atoms with E-state index in [0.717, 1.165) is 36.5 Å². The molecule has 0 amide bonds. The molecule has 29 heavy (non-hydrogen) atoms. The van der Waals surface area contributed by atoms with Crippen LogP contribution in [0.25, 0.3) is 22.6 Å². The van der Waals surface area contributed by atoms with Gasteiger partial charge in [-0.1, -0.05) is 42.5 Å². The van der Waals surface area contributed by atoms with Crippen LogP contribution in [0.1, 0.15) is 35.3 Å². The lowest BCUT2D eigenvalue weighted by Crippen LogP contribution is -2.23. The molecule has 1 aliphatic rings. The third-order valence-corrected chi connectivity index (χ3v) is 6.46. The lowest BCUT2D eigenvalue weighted by molar-refractivity contribution is 0.244. The predicted molar refractivity (Wildman–Crippen MR) is 117 cm³/mol. The minimum Gasteiger partial charge on any atom is -0.441 e. The molecule has 1 aliphatic heterocycles. The van der Waals surface area contributed by atoms with E-state index < -0.39 is 0 Å². The lowest BCUT2D eigenvalue weighted by atomic mass is 10.0. The van der Waals surface area contributed by atoms with E-state index in [9.17, 15) is 0 Å². The smallest absolute Gasteiger partial charge is 0.226 e.